The number of imidazole rings is 1. The van der Waals surface area contributed by atoms with Gasteiger partial charge in [0, 0.05) is 24.1 Å². The molecule has 0 saturated heterocycles. The summed E-state index contributed by atoms with van der Waals surface area (Å²) in [6.45, 7) is 8.02. The number of rotatable bonds is 4. The first-order valence-electron chi connectivity index (χ1n) is 4.39. The maximum absolute atomic E-state index is 8.83. The summed E-state index contributed by atoms with van der Waals surface area (Å²) >= 11 is 0. The molecule has 72 valence electrons. The van der Waals surface area contributed by atoms with Crippen molar-refractivity contribution in [1.29, 1.82) is 0 Å². The standard InChI is InChI=1S/C10H16N2O/c1-4-10(2,3)9-8(5-6-13)11-7-12-9/h4,7,13H,1,5-6H2,2-3H3,(H,11,12). The predicted molar refractivity (Wildman–Crippen MR) is 52.6 cm³/mol. The lowest BCUT2D eigenvalue weighted by atomic mass is 9.88. The highest BCUT2D eigenvalue weighted by molar-refractivity contribution is 5.25. The van der Waals surface area contributed by atoms with Crippen LogP contribution >= 0.6 is 0 Å². The van der Waals surface area contributed by atoms with Crippen LogP contribution in [0.2, 0.25) is 0 Å². The largest absolute Gasteiger partial charge is 0.396 e. The Bertz CT molecular complexity index is 289. The van der Waals surface area contributed by atoms with Crippen molar-refractivity contribution in [2.75, 3.05) is 6.61 Å². The van der Waals surface area contributed by atoms with Crippen LogP contribution in [0.4, 0.5) is 0 Å². The highest BCUT2D eigenvalue weighted by Crippen LogP contribution is 2.24. The van der Waals surface area contributed by atoms with E-state index in [1.54, 1.807) is 6.33 Å². The van der Waals surface area contributed by atoms with E-state index in [4.69, 9.17) is 5.11 Å². The minimum Gasteiger partial charge on any atom is -0.396 e. The fraction of sp³-hybridized carbons (Fsp3) is 0.500. The van der Waals surface area contributed by atoms with Crippen LogP contribution in [0.3, 0.4) is 0 Å². The summed E-state index contributed by atoms with van der Waals surface area (Å²) in [7, 11) is 0. The van der Waals surface area contributed by atoms with Gasteiger partial charge in [0.05, 0.1) is 12.0 Å². The number of hydrogen-bond donors (Lipinski definition) is 2. The molecule has 1 rings (SSSR count). The van der Waals surface area contributed by atoms with Crippen LogP contribution in [0, 0.1) is 0 Å². The van der Waals surface area contributed by atoms with Gasteiger partial charge in [0.25, 0.3) is 0 Å². The molecule has 3 nitrogen and oxygen atoms in total. The number of aromatic nitrogens is 2. The van der Waals surface area contributed by atoms with Crippen molar-refractivity contribution >= 4 is 0 Å². The van der Waals surface area contributed by atoms with Crippen LogP contribution in [-0.4, -0.2) is 21.7 Å². The van der Waals surface area contributed by atoms with Crippen molar-refractivity contribution in [2.24, 2.45) is 0 Å². The molecule has 0 amide bonds. The van der Waals surface area contributed by atoms with Gasteiger partial charge in [-0.3, -0.25) is 0 Å². The van der Waals surface area contributed by atoms with Gasteiger partial charge < -0.3 is 10.1 Å². The minimum atomic E-state index is -0.134. The maximum atomic E-state index is 8.83. The van der Waals surface area contributed by atoms with Gasteiger partial charge in [-0.05, 0) is 0 Å². The number of H-pyrrole nitrogens is 1. The summed E-state index contributed by atoms with van der Waals surface area (Å²) < 4.78 is 0. The second-order valence-electron chi connectivity index (χ2n) is 3.63. The molecule has 0 aromatic carbocycles. The SMILES string of the molecule is C=CC(C)(C)c1nc[nH]c1CCO. The van der Waals surface area contributed by atoms with Crippen molar-refractivity contribution in [3.05, 3.63) is 30.4 Å². The lowest BCUT2D eigenvalue weighted by Gasteiger charge is -2.18. The fourth-order valence-electron chi connectivity index (χ4n) is 1.28. The van der Waals surface area contributed by atoms with E-state index >= 15 is 0 Å². The normalized spacial score (nSPS) is 11.6. The molecule has 0 bridgehead atoms. The number of nitrogens with one attached hydrogen (secondary N) is 1. The molecular formula is C10H16N2O. The smallest absolute Gasteiger partial charge is 0.0925 e. The topological polar surface area (TPSA) is 48.9 Å². The molecule has 3 heteroatoms. The molecule has 2 N–H and O–H groups in total. The predicted octanol–water partition coefficient (Wildman–Crippen LogP) is 1.41. The lowest BCUT2D eigenvalue weighted by molar-refractivity contribution is 0.297. The molecule has 0 aliphatic rings. The first kappa shape index (κ1) is 9.99. The molecule has 0 atom stereocenters. The number of aliphatic hydroxyl groups is 1. The van der Waals surface area contributed by atoms with Gasteiger partial charge in [-0.15, -0.1) is 6.58 Å². The summed E-state index contributed by atoms with van der Waals surface area (Å²) in [6, 6.07) is 0. The summed E-state index contributed by atoms with van der Waals surface area (Å²) in [5.74, 6) is 0. The Kier molecular flexibility index (Phi) is 2.88. The molecule has 0 unspecified atom stereocenters. The van der Waals surface area contributed by atoms with Gasteiger partial charge in [0.15, 0.2) is 0 Å². The molecule has 1 aromatic heterocycles. The third kappa shape index (κ3) is 1.98. The number of nitrogens with zero attached hydrogens (tertiary/aromatic N) is 1. The van der Waals surface area contributed by atoms with E-state index in [0.29, 0.717) is 6.42 Å². The molecule has 0 saturated carbocycles. The molecule has 0 fully saturated rings. The minimum absolute atomic E-state index is 0.134. The van der Waals surface area contributed by atoms with Crippen LogP contribution in [0.1, 0.15) is 25.2 Å². The van der Waals surface area contributed by atoms with Gasteiger partial charge in [-0.1, -0.05) is 19.9 Å². The Balaban J connectivity index is 2.99. The lowest BCUT2D eigenvalue weighted by Crippen LogP contribution is -2.16. The van der Waals surface area contributed by atoms with Crippen molar-refractivity contribution < 1.29 is 5.11 Å². The third-order valence-electron chi connectivity index (χ3n) is 2.20. The average molecular weight is 180 g/mol. The number of hydrogen-bond acceptors (Lipinski definition) is 2. The second kappa shape index (κ2) is 3.75. The molecule has 0 spiro atoms. The van der Waals surface area contributed by atoms with Crippen molar-refractivity contribution in [2.45, 2.75) is 25.7 Å². The Morgan fingerprint density at radius 2 is 2.38 bits per heavy atom. The van der Waals surface area contributed by atoms with E-state index < -0.39 is 0 Å². The zero-order chi connectivity index (χ0) is 9.90. The summed E-state index contributed by atoms with van der Waals surface area (Å²) in [5, 5.41) is 8.83. The van der Waals surface area contributed by atoms with E-state index in [-0.39, 0.29) is 12.0 Å². The highest BCUT2D eigenvalue weighted by atomic mass is 16.3. The Hall–Kier alpha value is -1.09. The van der Waals surface area contributed by atoms with Crippen molar-refractivity contribution in [3.8, 4) is 0 Å². The van der Waals surface area contributed by atoms with Crippen molar-refractivity contribution in [1.82, 2.24) is 9.97 Å². The molecule has 0 aliphatic heterocycles. The van der Waals surface area contributed by atoms with Crippen LogP contribution in [0.25, 0.3) is 0 Å². The van der Waals surface area contributed by atoms with Crippen LogP contribution in [0.15, 0.2) is 19.0 Å². The van der Waals surface area contributed by atoms with Gasteiger partial charge in [0.2, 0.25) is 0 Å². The highest BCUT2D eigenvalue weighted by Gasteiger charge is 2.22. The van der Waals surface area contributed by atoms with Crippen LogP contribution in [-0.2, 0) is 11.8 Å². The van der Waals surface area contributed by atoms with Crippen LogP contribution < -0.4 is 0 Å². The monoisotopic (exact) mass is 180 g/mol. The van der Waals surface area contributed by atoms with E-state index in [0.717, 1.165) is 11.4 Å². The molecular weight excluding hydrogens is 164 g/mol. The van der Waals surface area contributed by atoms with Gasteiger partial charge >= 0.3 is 0 Å². The first-order valence-corrected chi connectivity index (χ1v) is 4.39. The van der Waals surface area contributed by atoms with E-state index in [1.165, 1.54) is 0 Å². The van der Waals surface area contributed by atoms with E-state index in [2.05, 4.69) is 30.4 Å². The van der Waals surface area contributed by atoms with Gasteiger partial charge in [-0.2, -0.15) is 0 Å². The fourth-order valence-corrected chi connectivity index (χ4v) is 1.28. The second-order valence-corrected chi connectivity index (χ2v) is 3.63. The molecule has 13 heavy (non-hydrogen) atoms. The Morgan fingerprint density at radius 1 is 1.69 bits per heavy atom. The van der Waals surface area contributed by atoms with Crippen LogP contribution in [0.5, 0.6) is 0 Å². The van der Waals surface area contributed by atoms with E-state index in [1.807, 2.05) is 6.08 Å². The van der Waals surface area contributed by atoms with Crippen molar-refractivity contribution in [3.63, 3.8) is 0 Å². The molecule has 0 aliphatic carbocycles. The van der Waals surface area contributed by atoms with Gasteiger partial charge in [-0.25, -0.2) is 4.98 Å². The van der Waals surface area contributed by atoms with Gasteiger partial charge in [0.1, 0.15) is 0 Å². The Labute approximate surface area is 78.5 Å². The quantitative estimate of drug-likeness (QED) is 0.688. The number of aromatic amines is 1. The maximum Gasteiger partial charge on any atom is 0.0925 e. The summed E-state index contributed by atoms with van der Waals surface area (Å²) in [6.07, 6.45) is 4.14. The molecule has 0 radical (unpaired) electrons. The first-order chi connectivity index (χ1) is 6.11. The number of aliphatic hydroxyl groups excluding tert-OH is 1. The number of allylic oxidation sites excluding steroid dienone is 1. The summed E-state index contributed by atoms with van der Waals surface area (Å²) in [4.78, 5) is 7.27. The Morgan fingerprint density at radius 3 is 2.92 bits per heavy atom. The molecule has 1 aromatic rings. The average Bonchev–Trinajstić information content (AvgIpc) is 2.54. The zero-order valence-electron chi connectivity index (χ0n) is 8.17. The summed E-state index contributed by atoms with van der Waals surface area (Å²) in [5.41, 5.74) is 1.83. The third-order valence-corrected chi connectivity index (χ3v) is 2.20. The molecule has 1 heterocycles. The zero-order valence-corrected chi connectivity index (χ0v) is 8.17. The van der Waals surface area contributed by atoms with E-state index in [9.17, 15) is 0 Å².